The molecule has 3 aromatic rings. The molecule has 1 aliphatic heterocycles. The quantitative estimate of drug-likeness (QED) is 0.424. The molecule has 1 saturated carbocycles. The van der Waals surface area contributed by atoms with Gasteiger partial charge in [0, 0.05) is 23.6 Å². The number of halogens is 1. The lowest BCUT2D eigenvalue weighted by atomic mass is 9.90. The second kappa shape index (κ2) is 10.5. The number of aromatic nitrogens is 2. The van der Waals surface area contributed by atoms with E-state index >= 15 is 0 Å². The molecule has 0 spiro atoms. The summed E-state index contributed by atoms with van der Waals surface area (Å²) < 4.78 is 10.9. The van der Waals surface area contributed by atoms with Crippen molar-refractivity contribution in [2.45, 2.75) is 63.8 Å². The van der Waals surface area contributed by atoms with E-state index in [0.717, 1.165) is 47.5 Å². The number of nitrogens with zero attached hydrogens (tertiary/aromatic N) is 3. The third-order valence-corrected chi connectivity index (χ3v) is 6.91. The van der Waals surface area contributed by atoms with Gasteiger partial charge < -0.3 is 13.8 Å². The number of rotatable bonds is 7. The van der Waals surface area contributed by atoms with E-state index in [9.17, 15) is 0 Å². The van der Waals surface area contributed by atoms with Crippen molar-refractivity contribution in [3.8, 4) is 22.8 Å². The highest BCUT2D eigenvalue weighted by molar-refractivity contribution is 5.85. The smallest absolute Gasteiger partial charge is 0.257 e. The van der Waals surface area contributed by atoms with Gasteiger partial charge in [0.25, 0.3) is 5.89 Å². The maximum atomic E-state index is 5.50. The van der Waals surface area contributed by atoms with Gasteiger partial charge in [-0.25, -0.2) is 0 Å². The van der Waals surface area contributed by atoms with Gasteiger partial charge >= 0.3 is 0 Å². The molecule has 1 aliphatic carbocycles. The molecule has 2 fully saturated rings. The molecule has 3 heterocycles. The van der Waals surface area contributed by atoms with Crippen LogP contribution in [0.25, 0.3) is 22.8 Å². The summed E-state index contributed by atoms with van der Waals surface area (Å²) >= 11 is 0. The van der Waals surface area contributed by atoms with Crippen molar-refractivity contribution < 1.29 is 8.94 Å². The summed E-state index contributed by atoms with van der Waals surface area (Å²) in [5.41, 5.74) is 1.99. The molecule has 0 radical (unpaired) electrons. The number of furan rings is 1. The molecule has 6 heteroatoms. The molecule has 2 aromatic heterocycles. The first kappa shape index (κ1) is 22.1. The highest BCUT2D eigenvalue weighted by atomic mass is 35.5. The Bertz CT molecular complexity index is 909. The van der Waals surface area contributed by atoms with Gasteiger partial charge in [0.15, 0.2) is 5.82 Å². The number of hydrogen-bond acceptors (Lipinski definition) is 5. The van der Waals surface area contributed by atoms with Gasteiger partial charge in [-0.3, -0.25) is 0 Å². The third-order valence-electron chi connectivity index (χ3n) is 6.91. The molecule has 0 amide bonds. The van der Waals surface area contributed by atoms with E-state index in [4.69, 9.17) is 8.94 Å². The van der Waals surface area contributed by atoms with Crippen molar-refractivity contribution in [1.82, 2.24) is 15.0 Å². The van der Waals surface area contributed by atoms with E-state index < -0.39 is 0 Å². The summed E-state index contributed by atoms with van der Waals surface area (Å²) in [4.78, 5) is 7.37. The van der Waals surface area contributed by atoms with E-state index in [2.05, 4.69) is 15.0 Å². The fraction of sp³-hybridized carbons (Fsp3) is 0.520. The van der Waals surface area contributed by atoms with Crippen molar-refractivity contribution in [3.05, 3.63) is 48.5 Å². The lowest BCUT2D eigenvalue weighted by Gasteiger charge is -2.36. The number of aryl methyl sites for hydroxylation is 1. The van der Waals surface area contributed by atoms with Crippen molar-refractivity contribution >= 4 is 12.4 Å². The molecule has 0 atom stereocenters. The van der Waals surface area contributed by atoms with Crippen LogP contribution in [0.5, 0.6) is 0 Å². The van der Waals surface area contributed by atoms with Crippen LogP contribution in [0.15, 0.2) is 51.6 Å². The number of hydrogen-bond donors (Lipinski definition) is 0. The molecule has 31 heavy (non-hydrogen) atoms. The van der Waals surface area contributed by atoms with Crippen LogP contribution in [-0.2, 0) is 6.42 Å². The predicted octanol–water partition coefficient (Wildman–Crippen LogP) is 6.40. The normalized spacial score (nSPS) is 18.3. The molecule has 166 valence electrons. The molecule has 1 aromatic carbocycles. The zero-order valence-corrected chi connectivity index (χ0v) is 18.9. The second-order valence-corrected chi connectivity index (χ2v) is 8.88. The Hall–Kier alpha value is -2.11. The largest absolute Gasteiger partial charge is 0.464 e. The molecule has 0 bridgehead atoms. The summed E-state index contributed by atoms with van der Waals surface area (Å²) in [5.74, 6) is 3.15. The van der Waals surface area contributed by atoms with Gasteiger partial charge in [-0.1, -0.05) is 30.1 Å². The van der Waals surface area contributed by atoms with Crippen molar-refractivity contribution in [3.63, 3.8) is 0 Å². The Morgan fingerprint density at radius 3 is 2.39 bits per heavy atom. The Morgan fingerprint density at radius 2 is 1.68 bits per heavy atom. The Balaban J connectivity index is 0.00000231. The monoisotopic (exact) mass is 441 g/mol. The van der Waals surface area contributed by atoms with Gasteiger partial charge in [0.05, 0.1) is 6.26 Å². The van der Waals surface area contributed by atoms with Crippen LogP contribution in [0.1, 0.15) is 57.2 Å². The fourth-order valence-electron chi connectivity index (χ4n) is 5.12. The molecule has 5 rings (SSSR count). The summed E-state index contributed by atoms with van der Waals surface area (Å²) in [7, 11) is 0. The van der Waals surface area contributed by atoms with Crippen LogP contribution in [-0.4, -0.2) is 34.2 Å². The van der Waals surface area contributed by atoms with E-state index in [1.165, 1.54) is 58.0 Å². The topological polar surface area (TPSA) is 55.3 Å². The van der Waals surface area contributed by atoms with Gasteiger partial charge in [0.1, 0.15) is 5.76 Å². The Kier molecular flexibility index (Phi) is 7.46. The first-order valence-corrected chi connectivity index (χ1v) is 11.6. The minimum atomic E-state index is 0. The van der Waals surface area contributed by atoms with Crippen LogP contribution in [0.2, 0.25) is 0 Å². The van der Waals surface area contributed by atoms with E-state index in [0.29, 0.717) is 5.89 Å². The molecule has 2 aliphatic rings. The second-order valence-electron chi connectivity index (χ2n) is 8.88. The molecular weight excluding hydrogens is 410 g/mol. The minimum Gasteiger partial charge on any atom is -0.464 e. The van der Waals surface area contributed by atoms with Crippen molar-refractivity contribution in [1.29, 1.82) is 0 Å². The van der Waals surface area contributed by atoms with Gasteiger partial charge in [-0.2, -0.15) is 4.98 Å². The van der Waals surface area contributed by atoms with Crippen LogP contribution in [0.3, 0.4) is 0 Å². The van der Waals surface area contributed by atoms with Crippen LogP contribution in [0.4, 0.5) is 0 Å². The molecule has 0 unspecified atom stereocenters. The third kappa shape index (κ3) is 5.39. The molecule has 1 saturated heterocycles. The first-order chi connectivity index (χ1) is 14.8. The zero-order valence-electron chi connectivity index (χ0n) is 18.0. The predicted molar refractivity (Wildman–Crippen MR) is 124 cm³/mol. The lowest BCUT2D eigenvalue weighted by molar-refractivity contribution is 0.130. The standard InChI is InChI=1S/C25H31N3O2.ClH/c1-2-7-22(6-1)28-16-14-19(15-17-28)5-3-9-24-26-25(30-27-24)21-12-10-20(11-13-21)23-8-4-18-29-23;/h4,8,10-13,18-19,22H,1-3,5-7,9,14-17H2;1H. The van der Waals surface area contributed by atoms with Crippen molar-refractivity contribution in [2.24, 2.45) is 5.92 Å². The summed E-state index contributed by atoms with van der Waals surface area (Å²) in [5, 5.41) is 4.20. The summed E-state index contributed by atoms with van der Waals surface area (Å²) in [6.07, 6.45) is 13.4. The van der Waals surface area contributed by atoms with Crippen molar-refractivity contribution in [2.75, 3.05) is 13.1 Å². The molecular formula is C25H32ClN3O2. The maximum Gasteiger partial charge on any atom is 0.257 e. The highest BCUT2D eigenvalue weighted by Crippen LogP contribution is 2.30. The lowest BCUT2D eigenvalue weighted by Crippen LogP contribution is -2.40. The number of piperidine rings is 1. The van der Waals surface area contributed by atoms with E-state index in [1.807, 2.05) is 36.4 Å². The number of likely N-dealkylation sites (tertiary alicyclic amines) is 1. The van der Waals surface area contributed by atoms with Gasteiger partial charge in [0.2, 0.25) is 0 Å². The molecule has 0 N–H and O–H groups in total. The van der Waals surface area contributed by atoms with Gasteiger partial charge in [-0.05, 0) is 81.8 Å². The average molecular weight is 442 g/mol. The van der Waals surface area contributed by atoms with Crippen LogP contribution in [0, 0.1) is 5.92 Å². The zero-order chi connectivity index (χ0) is 20.2. The highest BCUT2D eigenvalue weighted by Gasteiger charge is 2.26. The Labute approximate surface area is 190 Å². The summed E-state index contributed by atoms with van der Waals surface area (Å²) in [6, 6.07) is 12.8. The Morgan fingerprint density at radius 1 is 0.935 bits per heavy atom. The summed E-state index contributed by atoms with van der Waals surface area (Å²) in [6.45, 7) is 2.60. The SMILES string of the molecule is Cl.c1coc(-c2ccc(-c3nc(CCCC4CCN(C5CCCC5)CC4)no3)cc2)c1. The average Bonchev–Trinajstić information content (AvgIpc) is 3.57. The maximum absolute atomic E-state index is 5.50. The van der Waals surface area contributed by atoms with E-state index in [-0.39, 0.29) is 12.4 Å². The number of benzene rings is 1. The van der Waals surface area contributed by atoms with Gasteiger partial charge in [-0.15, -0.1) is 12.4 Å². The van der Waals surface area contributed by atoms with Crippen LogP contribution >= 0.6 is 12.4 Å². The fourth-order valence-corrected chi connectivity index (χ4v) is 5.12. The van der Waals surface area contributed by atoms with Crippen LogP contribution < -0.4 is 0 Å². The van der Waals surface area contributed by atoms with E-state index in [1.54, 1.807) is 6.26 Å². The first-order valence-electron chi connectivity index (χ1n) is 11.6. The molecule has 5 nitrogen and oxygen atoms in total. The minimum absolute atomic E-state index is 0.